The van der Waals surface area contributed by atoms with E-state index >= 15 is 0 Å². The van der Waals surface area contributed by atoms with Gasteiger partial charge in [-0.15, -0.1) is 39.7 Å². The van der Waals surface area contributed by atoms with Gasteiger partial charge in [0.15, 0.2) is 0 Å². The molecule has 0 spiro atoms. The number of hydrogen-bond acceptors (Lipinski definition) is 0. The summed E-state index contributed by atoms with van der Waals surface area (Å²) in [7, 11) is 0. The van der Waals surface area contributed by atoms with Crippen molar-refractivity contribution in [2.75, 3.05) is 0 Å². The smallest absolute Gasteiger partial charge is 0.0771 e. The van der Waals surface area contributed by atoms with E-state index in [0.29, 0.717) is 11.3 Å². The molecule has 0 nitrogen and oxygen atoms in total. The molecule has 0 radical (unpaired) electrons. The van der Waals surface area contributed by atoms with Crippen LogP contribution >= 0.6 is 0 Å². The van der Waals surface area contributed by atoms with E-state index in [1.807, 2.05) is 0 Å². The Morgan fingerprint density at radius 1 is 0.800 bits per heavy atom. The van der Waals surface area contributed by atoms with E-state index in [0.717, 1.165) is 17.8 Å². The summed E-state index contributed by atoms with van der Waals surface area (Å²) in [5, 5.41) is 5.39. The van der Waals surface area contributed by atoms with Crippen LogP contribution < -0.4 is 0 Å². The third kappa shape index (κ3) is 6.16. The Morgan fingerprint density at radius 2 is 1.32 bits per heavy atom. The number of rotatable bonds is 3. The second-order valence-electron chi connectivity index (χ2n) is 13.2. The molecule has 1 atom stereocenters. The first-order chi connectivity index (χ1) is 19.4. The standard InChI is InChI=1S/C18H25.C13H9.C8H8.Zr/c1-12-3-13(2)17(4-12)11-18-8-14-5-15(9-18)7-16(6-14)10-18;1-3-7-12-10(5-1)9-11-6-2-4-8-13(11)12;1-7-3-5-8(2)6-4-7;/h4,12,14-16H,5-11H2,1-2H3;1-9H;1,3-6H,2H3;/q2*-1;;+2. The molecule has 0 aromatic heterocycles. The van der Waals surface area contributed by atoms with Crippen molar-refractivity contribution in [2.24, 2.45) is 29.1 Å². The van der Waals surface area contributed by atoms with E-state index in [1.54, 1.807) is 44.1 Å². The maximum Gasteiger partial charge on any atom is -0.0771 e. The maximum atomic E-state index is 3.57. The van der Waals surface area contributed by atoms with Crippen molar-refractivity contribution in [1.29, 1.82) is 0 Å². The van der Waals surface area contributed by atoms with Gasteiger partial charge in [0.25, 0.3) is 0 Å². The van der Waals surface area contributed by atoms with Crippen LogP contribution in [-0.2, 0) is 24.2 Å². The number of fused-ring (bicyclic) bond motifs is 3. The molecule has 40 heavy (non-hydrogen) atoms. The van der Waals surface area contributed by atoms with Gasteiger partial charge in [0.1, 0.15) is 0 Å². The van der Waals surface area contributed by atoms with Crippen LogP contribution in [0.25, 0.3) is 21.5 Å². The van der Waals surface area contributed by atoms with Crippen LogP contribution in [0.1, 0.15) is 69.9 Å². The zero-order chi connectivity index (χ0) is 27.7. The van der Waals surface area contributed by atoms with Gasteiger partial charge in [0, 0.05) is 0 Å². The maximum absolute atomic E-state index is 3.57. The summed E-state index contributed by atoms with van der Waals surface area (Å²) in [6, 6.07) is 27.8. The first-order valence-electron chi connectivity index (χ1n) is 15.3. The minimum atomic E-state index is 0.564. The molecule has 0 aliphatic heterocycles. The minimum Gasteiger partial charge on any atom is -0.126 e. The molecule has 1 heteroatoms. The van der Waals surface area contributed by atoms with Gasteiger partial charge in [0.05, 0.1) is 0 Å². The van der Waals surface area contributed by atoms with Crippen LogP contribution in [0, 0.1) is 42.1 Å². The fourth-order valence-corrected chi connectivity index (χ4v) is 9.04. The normalized spacial score (nSPS) is 27.9. The van der Waals surface area contributed by atoms with Crippen LogP contribution in [0.2, 0.25) is 0 Å². The molecule has 4 saturated carbocycles. The predicted octanol–water partition coefficient (Wildman–Crippen LogP) is 10.3. The Hall–Kier alpha value is -2.24. The fourth-order valence-electron chi connectivity index (χ4n) is 8.57. The molecule has 0 N–H and O–H groups in total. The van der Waals surface area contributed by atoms with Crippen molar-refractivity contribution in [3.05, 3.63) is 113 Å². The van der Waals surface area contributed by atoms with Gasteiger partial charge in [-0.3, -0.25) is 6.08 Å². The summed E-state index contributed by atoms with van der Waals surface area (Å²) >= 11 is 1.47. The summed E-state index contributed by atoms with van der Waals surface area (Å²) < 4.78 is 2.19. The molecule has 0 amide bonds. The largest absolute Gasteiger partial charge is 0.126 e. The summed E-state index contributed by atoms with van der Waals surface area (Å²) in [6.07, 6.45) is 16.7. The van der Waals surface area contributed by atoms with Crippen molar-refractivity contribution in [2.45, 2.75) is 65.7 Å². The average Bonchev–Trinajstić information content (AvgIpc) is 3.47. The Morgan fingerprint density at radius 3 is 1.80 bits per heavy atom. The SMILES string of the molecule is CC1=[C-]C(C)C=C1CC12CC3CC(CC(C3)C1)C2.Cc1ccc([CH]=[Zr+2])cc1.c1ccc2c(c1)[cH-]c1ccccc12. The van der Waals surface area contributed by atoms with Gasteiger partial charge in [-0.25, -0.2) is 5.57 Å². The average molecular weight is 602 g/mol. The Kier molecular flexibility index (Phi) is 8.33. The van der Waals surface area contributed by atoms with Crippen LogP contribution in [0.5, 0.6) is 0 Å². The van der Waals surface area contributed by atoms with Gasteiger partial charge >= 0.3 is 70.3 Å². The Labute approximate surface area is 256 Å². The first kappa shape index (κ1) is 27.9. The van der Waals surface area contributed by atoms with Crippen LogP contribution in [0.4, 0.5) is 0 Å². The van der Waals surface area contributed by atoms with Crippen molar-refractivity contribution in [3.8, 4) is 0 Å². The van der Waals surface area contributed by atoms with Crippen LogP contribution in [0.15, 0.2) is 96.1 Å². The summed E-state index contributed by atoms with van der Waals surface area (Å²) in [4.78, 5) is 0. The molecule has 4 aromatic rings. The third-order valence-electron chi connectivity index (χ3n) is 9.87. The van der Waals surface area contributed by atoms with Gasteiger partial charge in [-0.2, -0.15) is 11.6 Å². The summed E-state index contributed by atoms with van der Waals surface area (Å²) in [5.74, 6) is 3.82. The van der Waals surface area contributed by atoms with Crippen LogP contribution in [-0.4, -0.2) is 3.71 Å². The Balaban J connectivity index is 0.000000116. The van der Waals surface area contributed by atoms with E-state index in [2.05, 4.69) is 115 Å². The molecule has 0 saturated heterocycles. The van der Waals surface area contributed by atoms with Gasteiger partial charge in [-0.1, -0.05) is 62.6 Å². The van der Waals surface area contributed by atoms with Gasteiger partial charge in [0.2, 0.25) is 0 Å². The summed E-state index contributed by atoms with van der Waals surface area (Å²) in [5.41, 5.74) is 6.46. The molecule has 4 bridgehead atoms. The summed E-state index contributed by atoms with van der Waals surface area (Å²) in [6.45, 7) is 6.65. The number of allylic oxidation sites excluding steroid dienone is 4. The van der Waals surface area contributed by atoms with E-state index in [9.17, 15) is 0 Å². The van der Waals surface area contributed by atoms with E-state index in [4.69, 9.17) is 0 Å². The van der Waals surface area contributed by atoms with E-state index in [1.165, 1.54) is 68.9 Å². The Bertz CT molecular complexity index is 1460. The number of benzene rings is 3. The number of hydrogen-bond donors (Lipinski definition) is 0. The molecule has 1 unspecified atom stereocenters. The molecule has 4 aromatic carbocycles. The van der Waals surface area contributed by atoms with Crippen molar-refractivity contribution in [1.82, 2.24) is 0 Å². The first-order valence-corrected chi connectivity index (χ1v) is 16.7. The molecule has 202 valence electrons. The zero-order valence-electron chi connectivity index (χ0n) is 24.4. The van der Waals surface area contributed by atoms with Gasteiger partial charge < -0.3 is 0 Å². The van der Waals surface area contributed by atoms with Gasteiger partial charge in [-0.05, 0) is 61.7 Å². The molecular weight excluding hydrogens is 560 g/mol. The fraction of sp³-hybridized carbons (Fsp3) is 0.385. The van der Waals surface area contributed by atoms with E-state index in [-0.39, 0.29) is 0 Å². The predicted molar refractivity (Wildman–Crippen MR) is 168 cm³/mol. The molecule has 4 fully saturated rings. The quantitative estimate of drug-likeness (QED) is 0.205. The molecular formula is C39H42Zr. The zero-order valence-corrected chi connectivity index (χ0v) is 26.9. The molecule has 0 heterocycles. The number of aryl methyl sites for hydroxylation is 1. The van der Waals surface area contributed by atoms with Crippen molar-refractivity contribution >= 4 is 25.3 Å². The topological polar surface area (TPSA) is 0 Å². The van der Waals surface area contributed by atoms with Crippen molar-refractivity contribution < 1.29 is 24.2 Å². The molecule has 5 aliphatic rings. The second-order valence-corrected chi connectivity index (χ2v) is 13.9. The molecule has 5 aliphatic carbocycles. The monoisotopic (exact) mass is 600 g/mol. The van der Waals surface area contributed by atoms with Crippen molar-refractivity contribution in [3.63, 3.8) is 0 Å². The van der Waals surface area contributed by atoms with Crippen LogP contribution in [0.3, 0.4) is 0 Å². The second kappa shape index (κ2) is 11.9. The van der Waals surface area contributed by atoms with E-state index < -0.39 is 0 Å². The minimum absolute atomic E-state index is 0.564. The molecule has 9 rings (SSSR count). The third-order valence-corrected chi connectivity index (χ3v) is 10.7.